The highest BCUT2D eigenvalue weighted by Crippen LogP contribution is 2.03. The Morgan fingerprint density at radius 3 is 2.46 bits per heavy atom. The van der Waals surface area contributed by atoms with Gasteiger partial charge < -0.3 is 0 Å². The normalized spacial score (nSPS) is 12.2. The lowest BCUT2D eigenvalue weighted by atomic mass is 10.2. The predicted octanol–water partition coefficient (Wildman–Crippen LogP) is 2.91. The Bertz CT molecular complexity index is 280. The molecular weight excluding hydrogens is 172 g/mol. The lowest BCUT2D eigenvalue weighted by molar-refractivity contribution is 0.224. The van der Waals surface area contributed by atoms with Crippen LogP contribution in [0.3, 0.4) is 0 Å². The molecule has 0 radical (unpaired) electrons. The van der Waals surface area contributed by atoms with E-state index in [2.05, 4.69) is 4.99 Å². The molecular formula is C10H11F2N. The minimum absolute atomic E-state index is 0.108. The fraction of sp³-hybridized carbons (Fsp3) is 0.300. The second-order valence-electron chi connectivity index (χ2n) is 2.74. The molecule has 1 aromatic rings. The van der Waals surface area contributed by atoms with Crippen molar-refractivity contribution in [2.24, 2.45) is 4.99 Å². The predicted molar refractivity (Wildman–Crippen MR) is 49.3 cm³/mol. The summed E-state index contributed by atoms with van der Waals surface area (Å²) in [7, 11) is 0. The Hall–Kier alpha value is -1.25. The van der Waals surface area contributed by atoms with Gasteiger partial charge in [0.25, 0.3) is 6.43 Å². The summed E-state index contributed by atoms with van der Waals surface area (Å²) in [6.45, 7) is 1.67. The monoisotopic (exact) mass is 183 g/mol. The summed E-state index contributed by atoms with van der Waals surface area (Å²) in [5, 5.41) is 0. The summed E-state index contributed by atoms with van der Waals surface area (Å²) < 4.78 is 24.0. The third-order valence-corrected chi connectivity index (χ3v) is 1.67. The maximum absolute atomic E-state index is 12.0. The second kappa shape index (κ2) is 4.70. The van der Waals surface area contributed by atoms with Crippen molar-refractivity contribution in [2.75, 3.05) is 0 Å². The molecule has 0 fully saturated rings. The van der Waals surface area contributed by atoms with Crippen LogP contribution in [-0.2, 0) is 6.54 Å². The number of halogens is 2. The number of alkyl halides is 2. The van der Waals surface area contributed by atoms with Crippen molar-refractivity contribution in [1.82, 2.24) is 0 Å². The quantitative estimate of drug-likeness (QED) is 0.639. The summed E-state index contributed by atoms with van der Waals surface area (Å²) in [6, 6.07) is 9.34. The Morgan fingerprint density at radius 1 is 1.31 bits per heavy atom. The van der Waals surface area contributed by atoms with Gasteiger partial charge in [-0.25, -0.2) is 8.78 Å². The largest absolute Gasteiger partial charge is 0.284 e. The summed E-state index contributed by atoms with van der Waals surface area (Å²) in [5.41, 5.74) is 0.839. The smallest absolute Gasteiger partial charge is 0.275 e. The fourth-order valence-corrected chi connectivity index (χ4v) is 0.868. The van der Waals surface area contributed by atoms with Gasteiger partial charge in [-0.05, 0) is 12.5 Å². The van der Waals surface area contributed by atoms with Crippen LogP contribution < -0.4 is 0 Å². The van der Waals surface area contributed by atoms with Crippen molar-refractivity contribution in [1.29, 1.82) is 0 Å². The van der Waals surface area contributed by atoms with Crippen molar-refractivity contribution in [3.8, 4) is 0 Å². The Labute approximate surface area is 76.1 Å². The van der Waals surface area contributed by atoms with Gasteiger partial charge in [-0.2, -0.15) is 0 Å². The fourth-order valence-electron chi connectivity index (χ4n) is 0.868. The van der Waals surface area contributed by atoms with E-state index in [0.717, 1.165) is 5.56 Å². The van der Waals surface area contributed by atoms with Gasteiger partial charge in [0, 0.05) is 0 Å². The van der Waals surface area contributed by atoms with Crippen molar-refractivity contribution >= 4 is 5.71 Å². The van der Waals surface area contributed by atoms with Crippen molar-refractivity contribution in [2.45, 2.75) is 19.9 Å². The molecule has 3 heteroatoms. The minimum atomic E-state index is -2.44. The summed E-state index contributed by atoms with van der Waals surface area (Å²) in [4.78, 5) is 3.76. The molecule has 70 valence electrons. The third-order valence-electron chi connectivity index (χ3n) is 1.67. The van der Waals surface area contributed by atoms with Crippen LogP contribution in [0.4, 0.5) is 8.78 Å². The number of nitrogens with zero attached hydrogens (tertiary/aromatic N) is 1. The molecule has 0 heterocycles. The number of rotatable bonds is 3. The second-order valence-corrected chi connectivity index (χ2v) is 2.74. The molecule has 0 saturated carbocycles. The van der Waals surface area contributed by atoms with Crippen LogP contribution >= 0.6 is 0 Å². The number of hydrogen-bond donors (Lipinski definition) is 0. The maximum Gasteiger partial charge on any atom is 0.275 e. The average molecular weight is 183 g/mol. The van der Waals surface area contributed by atoms with Crippen LogP contribution in [-0.4, -0.2) is 12.1 Å². The van der Waals surface area contributed by atoms with Crippen LogP contribution in [0.5, 0.6) is 0 Å². The van der Waals surface area contributed by atoms with E-state index >= 15 is 0 Å². The number of aliphatic imine (C=N–C) groups is 1. The van der Waals surface area contributed by atoms with Gasteiger partial charge in [0.05, 0.1) is 12.3 Å². The van der Waals surface area contributed by atoms with Gasteiger partial charge in [0.2, 0.25) is 0 Å². The Morgan fingerprint density at radius 2 is 1.92 bits per heavy atom. The molecule has 1 aromatic carbocycles. The van der Waals surface area contributed by atoms with Gasteiger partial charge >= 0.3 is 0 Å². The first kappa shape index (κ1) is 9.84. The minimum Gasteiger partial charge on any atom is -0.284 e. The summed E-state index contributed by atoms with van der Waals surface area (Å²) >= 11 is 0. The van der Waals surface area contributed by atoms with E-state index in [-0.39, 0.29) is 5.71 Å². The lowest BCUT2D eigenvalue weighted by Crippen LogP contribution is -2.05. The molecule has 0 spiro atoms. The highest BCUT2D eigenvalue weighted by Gasteiger charge is 2.05. The zero-order chi connectivity index (χ0) is 9.68. The van der Waals surface area contributed by atoms with Gasteiger partial charge in [-0.1, -0.05) is 30.3 Å². The van der Waals surface area contributed by atoms with Crippen LogP contribution in [0.15, 0.2) is 35.3 Å². The summed E-state index contributed by atoms with van der Waals surface area (Å²) in [6.07, 6.45) is -2.44. The highest BCUT2D eigenvalue weighted by atomic mass is 19.3. The van der Waals surface area contributed by atoms with Crippen LogP contribution in [0.1, 0.15) is 12.5 Å². The summed E-state index contributed by atoms with van der Waals surface area (Å²) in [5.74, 6) is 0. The van der Waals surface area contributed by atoms with Gasteiger partial charge in [0.15, 0.2) is 0 Å². The maximum atomic E-state index is 12.0. The Balaban J connectivity index is 2.57. The van der Waals surface area contributed by atoms with Crippen molar-refractivity contribution in [3.63, 3.8) is 0 Å². The zero-order valence-corrected chi connectivity index (χ0v) is 7.37. The van der Waals surface area contributed by atoms with E-state index in [1.807, 2.05) is 30.3 Å². The van der Waals surface area contributed by atoms with Crippen molar-refractivity contribution in [3.05, 3.63) is 35.9 Å². The van der Waals surface area contributed by atoms with E-state index in [9.17, 15) is 8.78 Å². The van der Waals surface area contributed by atoms with Gasteiger partial charge in [-0.15, -0.1) is 0 Å². The highest BCUT2D eigenvalue weighted by molar-refractivity contribution is 5.84. The molecule has 0 aromatic heterocycles. The lowest BCUT2D eigenvalue weighted by Gasteiger charge is -1.98. The molecule has 13 heavy (non-hydrogen) atoms. The van der Waals surface area contributed by atoms with Crippen LogP contribution in [0.25, 0.3) is 0 Å². The van der Waals surface area contributed by atoms with Crippen LogP contribution in [0, 0.1) is 0 Å². The molecule has 0 N–H and O–H groups in total. The van der Waals surface area contributed by atoms with E-state index < -0.39 is 6.43 Å². The molecule has 0 unspecified atom stereocenters. The first-order chi connectivity index (χ1) is 6.20. The van der Waals surface area contributed by atoms with Crippen LogP contribution in [0.2, 0.25) is 0 Å². The van der Waals surface area contributed by atoms with E-state index in [1.165, 1.54) is 6.92 Å². The molecule has 1 rings (SSSR count). The number of benzene rings is 1. The van der Waals surface area contributed by atoms with E-state index in [0.29, 0.717) is 6.54 Å². The number of hydrogen-bond acceptors (Lipinski definition) is 1. The SMILES string of the molecule is CC(=NCc1ccccc1)C(F)F. The third kappa shape index (κ3) is 3.32. The van der Waals surface area contributed by atoms with Crippen molar-refractivity contribution < 1.29 is 8.78 Å². The molecule has 1 nitrogen and oxygen atoms in total. The van der Waals surface area contributed by atoms with Gasteiger partial charge in [-0.3, -0.25) is 4.99 Å². The molecule has 0 saturated heterocycles. The van der Waals surface area contributed by atoms with E-state index in [4.69, 9.17) is 0 Å². The molecule has 0 bridgehead atoms. The topological polar surface area (TPSA) is 12.4 Å². The zero-order valence-electron chi connectivity index (χ0n) is 7.37. The molecule has 0 aliphatic heterocycles. The molecule has 0 amide bonds. The first-order valence-electron chi connectivity index (χ1n) is 4.03. The first-order valence-corrected chi connectivity index (χ1v) is 4.03. The van der Waals surface area contributed by atoms with E-state index in [1.54, 1.807) is 0 Å². The average Bonchev–Trinajstić information content (AvgIpc) is 2.15. The standard InChI is InChI=1S/C10H11F2N/c1-8(10(11)12)13-7-9-5-3-2-4-6-9/h2-6,10H,7H2,1H3. The molecule has 0 aliphatic rings. The van der Waals surface area contributed by atoms with Gasteiger partial charge in [0.1, 0.15) is 0 Å². The molecule has 0 atom stereocenters. The Kier molecular flexibility index (Phi) is 3.55. The molecule has 0 aliphatic carbocycles.